The molecule has 2 aromatic rings. The zero-order chi connectivity index (χ0) is 9.52. The van der Waals surface area contributed by atoms with E-state index in [4.69, 9.17) is 10.5 Å². The van der Waals surface area contributed by atoms with Gasteiger partial charge in [0.2, 0.25) is 0 Å². The Hall–Kier alpha value is -2.47. The van der Waals surface area contributed by atoms with Gasteiger partial charge >= 0.3 is 0 Å². The summed E-state index contributed by atoms with van der Waals surface area (Å²) < 4.78 is 0. The monoisotopic (exact) mass is 172 g/mol. The Bertz CT molecular complexity index is 417. The number of nitrogens with one attached hydrogen (secondary N) is 1. The highest BCUT2D eigenvalue weighted by atomic mass is 15.0. The van der Waals surface area contributed by atoms with E-state index in [-0.39, 0.29) is 0 Å². The molecular formula is C7H4N6. The van der Waals surface area contributed by atoms with Gasteiger partial charge in [-0.15, -0.1) is 0 Å². The summed E-state index contributed by atoms with van der Waals surface area (Å²) in [7, 11) is 0. The number of nitriles is 2. The molecule has 0 amide bonds. The molecule has 0 radical (unpaired) electrons. The smallest absolute Gasteiger partial charge is 0.181 e. The molecule has 0 fully saturated rings. The third kappa shape index (κ3) is 2.24. The normalized spacial score (nSPS) is 7.85. The lowest BCUT2D eigenvalue weighted by Gasteiger charge is -1.80. The molecule has 0 aromatic carbocycles. The topological polar surface area (TPSA) is 102 Å². The van der Waals surface area contributed by atoms with Crippen LogP contribution in [0.1, 0.15) is 0 Å². The van der Waals surface area contributed by atoms with Crippen molar-refractivity contribution < 1.29 is 0 Å². The van der Waals surface area contributed by atoms with E-state index in [1.807, 2.05) is 0 Å². The maximum atomic E-state index is 7.26. The van der Waals surface area contributed by atoms with Crippen LogP contribution in [0.5, 0.6) is 0 Å². The number of H-pyrrole nitrogens is 1. The SMILES string of the molecule is N#CC#N.c1ncc2[nH]cnc2n1. The highest BCUT2D eigenvalue weighted by Gasteiger charge is 1.91. The molecule has 6 heteroatoms. The fourth-order valence-corrected chi connectivity index (χ4v) is 0.691. The van der Waals surface area contributed by atoms with Gasteiger partial charge < -0.3 is 4.98 Å². The first-order chi connectivity index (χ1) is 6.38. The molecule has 0 bridgehead atoms. The molecule has 0 unspecified atom stereocenters. The predicted octanol–water partition coefficient (Wildman–Crippen LogP) is 0.386. The second-order valence-corrected chi connectivity index (χ2v) is 1.89. The number of rotatable bonds is 0. The van der Waals surface area contributed by atoms with Crippen LogP contribution in [0.3, 0.4) is 0 Å². The third-order valence-corrected chi connectivity index (χ3v) is 1.15. The van der Waals surface area contributed by atoms with Gasteiger partial charge in [0.05, 0.1) is 12.5 Å². The Balaban J connectivity index is 0.000000184. The van der Waals surface area contributed by atoms with E-state index in [2.05, 4.69) is 19.9 Å². The fraction of sp³-hybridized carbons (Fsp3) is 0. The lowest BCUT2D eigenvalue weighted by atomic mass is 10.6. The van der Waals surface area contributed by atoms with E-state index in [0.717, 1.165) is 5.52 Å². The van der Waals surface area contributed by atoms with Crippen LogP contribution < -0.4 is 0 Å². The molecule has 0 aliphatic rings. The van der Waals surface area contributed by atoms with Crippen molar-refractivity contribution in [3.8, 4) is 12.1 Å². The van der Waals surface area contributed by atoms with Crippen LogP contribution in [-0.4, -0.2) is 19.9 Å². The number of hydrogen-bond donors (Lipinski definition) is 1. The molecule has 0 aliphatic carbocycles. The summed E-state index contributed by atoms with van der Waals surface area (Å²) in [6.07, 6.45) is 4.76. The Morgan fingerprint density at radius 1 is 1.23 bits per heavy atom. The van der Waals surface area contributed by atoms with Crippen LogP contribution in [0.4, 0.5) is 0 Å². The van der Waals surface area contributed by atoms with Gasteiger partial charge in [0.1, 0.15) is 11.8 Å². The second kappa shape index (κ2) is 4.42. The molecule has 2 heterocycles. The third-order valence-electron chi connectivity index (χ3n) is 1.15. The quantitative estimate of drug-likeness (QED) is 0.619. The molecule has 62 valence electrons. The van der Waals surface area contributed by atoms with Crippen molar-refractivity contribution in [2.75, 3.05) is 0 Å². The summed E-state index contributed by atoms with van der Waals surface area (Å²) in [5.41, 5.74) is 1.59. The van der Waals surface area contributed by atoms with Crippen molar-refractivity contribution in [2.24, 2.45) is 0 Å². The largest absolute Gasteiger partial charge is 0.342 e. The van der Waals surface area contributed by atoms with Crippen molar-refractivity contribution >= 4 is 11.2 Å². The summed E-state index contributed by atoms with van der Waals surface area (Å²) in [5.74, 6) is 0. The minimum absolute atomic E-state index is 0.713. The first kappa shape index (κ1) is 8.62. The lowest BCUT2D eigenvalue weighted by molar-refractivity contribution is 1.20. The minimum atomic E-state index is 0.713. The van der Waals surface area contributed by atoms with Crippen molar-refractivity contribution in [3.63, 3.8) is 0 Å². The zero-order valence-electron chi connectivity index (χ0n) is 6.47. The van der Waals surface area contributed by atoms with E-state index in [0.29, 0.717) is 5.65 Å². The average Bonchev–Trinajstić information content (AvgIpc) is 2.66. The Morgan fingerprint density at radius 2 is 2.00 bits per heavy atom. The summed E-state index contributed by atoms with van der Waals surface area (Å²) in [5, 5.41) is 14.5. The van der Waals surface area contributed by atoms with Gasteiger partial charge in [-0.05, 0) is 0 Å². The van der Waals surface area contributed by atoms with Crippen LogP contribution >= 0.6 is 0 Å². The zero-order valence-corrected chi connectivity index (χ0v) is 6.47. The fourth-order valence-electron chi connectivity index (χ4n) is 0.691. The first-order valence-corrected chi connectivity index (χ1v) is 3.25. The number of hydrogen-bond acceptors (Lipinski definition) is 5. The maximum Gasteiger partial charge on any atom is 0.181 e. The molecule has 1 N–H and O–H groups in total. The molecule has 0 atom stereocenters. The van der Waals surface area contributed by atoms with Crippen LogP contribution in [0.25, 0.3) is 11.2 Å². The van der Waals surface area contributed by atoms with Gasteiger partial charge in [-0.2, -0.15) is 10.5 Å². The van der Waals surface area contributed by atoms with E-state index in [1.165, 1.54) is 18.5 Å². The van der Waals surface area contributed by atoms with Gasteiger partial charge in [0, 0.05) is 0 Å². The standard InChI is InChI=1S/C5H4N4.C2N2/c1-4-5(8-2-6-1)9-3-7-4;3-1-2-4/h1-3H,(H,6,7,8,9);. The van der Waals surface area contributed by atoms with Crippen molar-refractivity contribution in [3.05, 3.63) is 18.9 Å². The number of aromatic nitrogens is 4. The van der Waals surface area contributed by atoms with E-state index in [1.54, 1.807) is 12.5 Å². The average molecular weight is 172 g/mol. The maximum absolute atomic E-state index is 7.26. The second-order valence-electron chi connectivity index (χ2n) is 1.89. The van der Waals surface area contributed by atoms with Gasteiger partial charge in [-0.3, -0.25) is 0 Å². The Kier molecular flexibility index (Phi) is 2.93. The lowest BCUT2D eigenvalue weighted by Crippen LogP contribution is -1.76. The van der Waals surface area contributed by atoms with E-state index in [9.17, 15) is 0 Å². The minimum Gasteiger partial charge on any atom is -0.342 e. The number of fused-ring (bicyclic) bond motifs is 1. The van der Waals surface area contributed by atoms with Crippen molar-refractivity contribution in [1.82, 2.24) is 19.9 Å². The van der Waals surface area contributed by atoms with Crippen molar-refractivity contribution in [1.29, 1.82) is 10.5 Å². The summed E-state index contributed by atoms with van der Waals surface area (Å²) >= 11 is 0. The number of imidazole rings is 1. The summed E-state index contributed by atoms with van der Waals surface area (Å²) in [6, 6.07) is 2.47. The van der Waals surface area contributed by atoms with E-state index >= 15 is 0 Å². The summed E-state index contributed by atoms with van der Waals surface area (Å²) in [4.78, 5) is 14.5. The molecule has 0 saturated carbocycles. The molecule has 2 aromatic heterocycles. The first-order valence-electron chi connectivity index (χ1n) is 3.25. The number of aromatic amines is 1. The Morgan fingerprint density at radius 3 is 2.62 bits per heavy atom. The van der Waals surface area contributed by atoms with Crippen LogP contribution in [0.2, 0.25) is 0 Å². The molecule has 13 heavy (non-hydrogen) atoms. The molecule has 0 aliphatic heterocycles. The molecule has 6 nitrogen and oxygen atoms in total. The Labute approximate surface area is 73.5 Å². The van der Waals surface area contributed by atoms with Gasteiger partial charge in [-0.1, -0.05) is 0 Å². The van der Waals surface area contributed by atoms with Gasteiger partial charge in [-0.25, -0.2) is 15.0 Å². The van der Waals surface area contributed by atoms with Gasteiger partial charge in [0.15, 0.2) is 17.8 Å². The molecular weight excluding hydrogens is 168 g/mol. The molecule has 0 saturated heterocycles. The van der Waals surface area contributed by atoms with Gasteiger partial charge in [0.25, 0.3) is 0 Å². The summed E-state index contributed by atoms with van der Waals surface area (Å²) in [6.45, 7) is 0. The highest BCUT2D eigenvalue weighted by Crippen LogP contribution is 1.99. The van der Waals surface area contributed by atoms with Crippen LogP contribution in [0.15, 0.2) is 18.9 Å². The molecule has 2 rings (SSSR count). The van der Waals surface area contributed by atoms with E-state index < -0.39 is 0 Å². The van der Waals surface area contributed by atoms with Crippen molar-refractivity contribution in [2.45, 2.75) is 0 Å². The number of nitrogens with zero attached hydrogens (tertiary/aromatic N) is 5. The molecule has 0 spiro atoms. The van der Waals surface area contributed by atoms with Crippen LogP contribution in [0, 0.1) is 22.7 Å². The predicted molar refractivity (Wildman–Crippen MR) is 42.9 cm³/mol. The highest BCUT2D eigenvalue weighted by molar-refractivity contribution is 5.67. The van der Waals surface area contributed by atoms with Crippen LogP contribution in [-0.2, 0) is 0 Å².